The molecule has 1 aromatic heterocycles. The molecule has 1 aliphatic heterocycles. The SMILES string of the molecule is COc1ccccc1N1CCN(C(=O)c2cc(-c3ccc(F)cc3)nn2-c2cccc([N+](=O)[O-])c2)CC1. The second kappa shape index (κ2) is 10.1. The Morgan fingerprint density at radius 2 is 1.70 bits per heavy atom. The lowest BCUT2D eigenvalue weighted by molar-refractivity contribution is -0.384. The van der Waals surface area contributed by atoms with Crippen LogP contribution in [0, 0.1) is 15.9 Å². The number of hydrogen-bond donors (Lipinski definition) is 0. The highest BCUT2D eigenvalue weighted by molar-refractivity contribution is 5.94. The molecule has 9 nitrogen and oxygen atoms in total. The molecule has 5 rings (SSSR count). The van der Waals surface area contributed by atoms with Crippen molar-refractivity contribution >= 4 is 17.3 Å². The average Bonchev–Trinajstić information content (AvgIpc) is 3.39. The molecule has 0 bridgehead atoms. The zero-order chi connectivity index (χ0) is 25.9. The maximum Gasteiger partial charge on any atom is 0.272 e. The van der Waals surface area contributed by atoms with E-state index in [1.807, 2.05) is 24.3 Å². The number of carbonyl (C=O) groups excluding carboxylic acids is 1. The predicted molar refractivity (Wildman–Crippen MR) is 137 cm³/mol. The van der Waals surface area contributed by atoms with Crippen LogP contribution in [-0.4, -0.2) is 58.8 Å². The summed E-state index contributed by atoms with van der Waals surface area (Å²) in [4.78, 5) is 28.5. The Kier molecular flexibility index (Phi) is 6.55. The number of nitro groups is 1. The summed E-state index contributed by atoms with van der Waals surface area (Å²) in [6.07, 6.45) is 0. The van der Waals surface area contributed by atoms with Crippen LogP contribution in [0.1, 0.15) is 10.5 Å². The summed E-state index contributed by atoms with van der Waals surface area (Å²) in [6, 6.07) is 21.2. The first-order valence-corrected chi connectivity index (χ1v) is 11.7. The quantitative estimate of drug-likeness (QED) is 0.284. The van der Waals surface area contributed by atoms with Crippen LogP contribution in [0.25, 0.3) is 16.9 Å². The summed E-state index contributed by atoms with van der Waals surface area (Å²) in [5.74, 6) is 0.146. The molecule has 3 aromatic carbocycles. The van der Waals surface area contributed by atoms with E-state index in [0.29, 0.717) is 43.1 Å². The minimum Gasteiger partial charge on any atom is -0.495 e. The molecule has 0 aliphatic carbocycles. The van der Waals surface area contributed by atoms with Gasteiger partial charge in [0, 0.05) is 43.9 Å². The molecule has 0 spiro atoms. The number of methoxy groups -OCH3 is 1. The monoisotopic (exact) mass is 501 g/mol. The number of rotatable bonds is 6. The lowest BCUT2D eigenvalue weighted by Gasteiger charge is -2.36. The Labute approximate surface area is 212 Å². The van der Waals surface area contributed by atoms with E-state index < -0.39 is 4.92 Å². The predicted octanol–water partition coefficient (Wildman–Crippen LogP) is 4.56. The van der Waals surface area contributed by atoms with Gasteiger partial charge in [0.1, 0.15) is 17.3 Å². The molecule has 0 N–H and O–H groups in total. The van der Waals surface area contributed by atoms with Gasteiger partial charge in [-0.05, 0) is 48.5 Å². The maximum atomic E-state index is 13.7. The average molecular weight is 502 g/mol. The van der Waals surface area contributed by atoms with E-state index in [4.69, 9.17) is 4.74 Å². The molecule has 188 valence electrons. The highest BCUT2D eigenvalue weighted by Crippen LogP contribution is 2.29. The molecule has 37 heavy (non-hydrogen) atoms. The summed E-state index contributed by atoms with van der Waals surface area (Å²) in [7, 11) is 1.63. The number of aromatic nitrogens is 2. The van der Waals surface area contributed by atoms with Gasteiger partial charge >= 0.3 is 0 Å². The Balaban J connectivity index is 1.46. The Hall–Kier alpha value is -4.73. The van der Waals surface area contributed by atoms with Crippen LogP contribution in [0.5, 0.6) is 5.75 Å². The summed E-state index contributed by atoms with van der Waals surface area (Å²) >= 11 is 0. The first-order chi connectivity index (χ1) is 17.9. The van der Waals surface area contributed by atoms with Crippen molar-refractivity contribution in [3.63, 3.8) is 0 Å². The fourth-order valence-corrected chi connectivity index (χ4v) is 4.43. The number of carbonyl (C=O) groups is 1. The molecule has 1 fully saturated rings. The number of nitro benzene ring substituents is 1. The van der Waals surface area contributed by atoms with Crippen LogP contribution in [0.4, 0.5) is 15.8 Å². The molecule has 0 unspecified atom stereocenters. The van der Waals surface area contributed by atoms with Gasteiger partial charge in [-0.3, -0.25) is 14.9 Å². The van der Waals surface area contributed by atoms with Gasteiger partial charge < -0.3 is 14.5 Å². The van der Waals surface area contributed by atoms with Gasteiger partial charge in [-0.1, -0.05) is 18.2 Å². The summed E-state index contributed by atoms with van der Waals surface area (Å²) < 4.78 is 20.4. The van der Waals surface area contributed by atoms with Crippen molar-refractivity contribution in [3.05, 3.63) is 100 Å². The van der Waals surface area contributed by atoms with Crippen LogP contribution < -0.4 is 9.64 Å². The highest BCUT2D eigenvalue weighted by Gasteiger charge is 2.27. The van der Waals surface area contributed by atoms with E-state index in [-0.39, 0.29) is 23.1 Å². The van der Waals surface area contributed by atoms with Crippen LogP contribution in [-0.2, 0) is 0 Å². The van der Waals surface area contributed by atoms with E-state index in [9.17, 15) is 19.3 Å². The van der Waals surface area contributed by atoms with Gasteiger partial charge in [0.05, 0.1) is 29.1 Å². The second-order valence-electron chi connectivity index (χ2n) is 8.56. The molecule has 1 saturated heterocycles. The zero-order valence-electron chi connectivity index (χ0n) is 20.1. The standard InChI is InChI=1S/C27H24FN5O4/c1-37-26-8-3-2-7-24(26)30-13-15-31(16-14-30)27(34)25-18-23(19-9-11-20(28)12-10-19)29-32(25)21-5-4-6-22(17-21)33(35)36/h2-12,17-18H,13-16H2,1H3. The van der Waals surface area contributed by atoms with Crippen molar-refractivity contribution < 1.29 is 18.8 Å². The van der Waals surface area contributed by atoms with E-state index in [1.54, 1.807) is 42.3 Å². The first-order valence-electron chi connectivity index (χ1n) is 11.7. The third kappa shape index (κ3) is 4.86. The number of para-hydroxylation sites is 2. The number of piperazine rings is 1. The van der Waals surface area contributed by atoms with Crippen LogP contribution in [0.15, 0.2) is 78.9 Å². The number of halogens is 1. The largest absolute Gasteiger partial charge is 0.495 e. The Morgan fingerprint density at radius 3 is 2.41 bits per heavy atom. The number of ether oxygens (including phenoxy) is 1. The lowest BCUT2D eigenvalue weighted by atomic mass is 10.1. The molecule has 0 saturated carbocycles. The van der Waals surface area contributed by atoms with Crippen molar-refractivity contribution in [1.82, 2.24) is 14.7 Å². The molecule has 0 atom stereocenters. The normalized spacial score (nSPS) is 13.5. The first kappa shape index (κ1) is 24.0. The lowest BCUT2D eigenvalue weighted by Crippen LogP contribution is -2.49. The molecule has 1 aliphatic rings. The molecule has 1 amide bonds. The van der Waals surface area contributed by atoms with Gasteiger partial charge in [0.15, 0.2) is 0 Å². The molecule has 0 radical (unpaired) electrons. The third-order valence-electron chi connectivity index (χ3n) is 6.35. The van der Waals surface area contributed by atoms with E-state index in [1.165, 1.54) is 28.9 Å². The fraction of sp³-hybridized carbons (Fsp3) is 0.185. The smallest absolute Gasteiger partial charge is 0.272 e. The highest BCUT2D eigenvalue weighted by atomic mass is 19.1. The van der Waals surface area contributed by atoms with Gasteiger partial charge in [-0.25, -0.2) is 9.07 Å². The van der Waals surface area contributed by atoms with Crippen molar-refractivity contribution in [3.8, 4) is 22.7 Å². The minimum atomic E-state index is -0.494. The van der Waals surface area contributed by atoms with E-state index in [2.05, 4.69) is 10.00 Å². The number of anilines is 1. The number of hydrogen-bond acceptors (Lipinski definition) is 6. The number of nitrogens with zero attached hydrogens (tertiary/aromatic N) is 5. The van der Waals surface area contributed by atoms with Crippen LogP contribution in [0.3, 0.4) is 0 Å². The van der Waals surface area contributed by atoms with E-state index in [0.717, 1.165) is 11.4 Å². The fourth-order valence-electron chi connectivity index (χ4n) is 4.43. The Bertz CT molecular complexity index is 1450. The topological polar surface area (TPSA) is 93.7 Å². The number of amides is 1. The van der Waals surface area contributed by atoms with Crippen molar-refractivity contribution in [2.24, 2.45) is 0 Å². The van der Waals surface area contributed by atoms with Gasteiger partial charge in [-0.15, -0.1) is 0 Å². The summed E-state index contributed by atoms with van der Waals surface area (Å²) in [6.45, 7) is 2.18. The van der Waals surface area contributed by atoms with Crippen molar-refractivity contribution in [2.45, 2.75) is 0 Å². The third-order valence-corrected chi connectivity index (χ3v) is 6.35. The molecule has 10 heteroatoms. The molecular formula is C27H24FN5O4. The van der Waals surface area contributed by atoms with Gasteiger partial charge in [0.25, 0.3) is 11.6 Å². The molecule has 2 heterocycles. The van der Waals surface area contributed by atoms with Gasteiger partial charge in [0.2, 0.25) is 0 Å². The van der Waals surface area contributed by atoms with Crippen molar-refractivity contribution in [1.29, 1.82) is 0 Å². The second-order valence-corrected chi connectivity index (χ2v) is 8.56. The van der Waals surface area contributed by atoms with Crippen LogP contribution >= 0.6 is 0 Å². The van der Waals surface area contributed by atoms with E-state index >= 15 is 0 Å². The zero-order valence-corrected chi connectivity index (χ0v) is 20.1. The van der Waals surface area contributed by atoms with Gasteiger partial charge in [-0.2, -0.15) is 5.10 Å². The molecular weight excluding hydrogens is 477 g/mol. The minimum absolute atomic E-state index is 0.111. The summed E-state index contributed by atoms with van der Waals surface area (Å²) in [5, 5.41) is 15.9. The summed E-state index contributed by atoms with van der Waals surface area (Å²) in [5.41, 5.74) is 2.60. The molecule has 4 aromatic rings. The Morgan fingerprint density at radius 1 is 0.973 bits per heavy atom. The maximum absolute atomic E-state index is 13.7. The van der Waals surface area contributed by atoms with Crippen LogP contribution in [0.2, 0.25) is 0 Å². The van der Waals surface area contributed by atoms with Crippen molar-refractivity contribution in [2.75, 3.05) is 38.2 Å². The number of benzene rings is 3. The number of non-ortho nitro benzene ring substituents is 1.